The summed E-state index contributed by atoms with van der Waals surface area (Å²) in [5.74, 6) is -3.19. The Hall–Kier alpha value is -2.42. The number of H-pyrrole nitrogens is 1. The van der Waals surface area contributed by atoms with Crippen LogP contribution in [0, 0.1) is 5.82 Å². The monoisotopic (exact) mass is 300 g/mol. The number of sulfone groups is 1. The first kappa shape index (κ1) is 14.0. The maximum Gasteiger partial charge on any atom is 0.353 e. The van der Waals surface area contributed by atoms with Crippen molar-refractivity contribution in [2.24, 2.45) is 0 Å². The van der Waals surface area contributed by atoms with Gasteiger partial charge in [-0.1, -0.05) is 0 Å². The molecule has 0 saturated heterocycles. The van der Waals surface area contributed by atoms with Crippen molar-refractivity contribution in [2.75, 3.05) is 6.26 Å². The van der Waals surface area contributed by atoms with Crippen LogP contribution in [-0.4, -0.2) is 41.1 Å². The summed E-state index contributed by atoms with van der Waals surface area (Å²) in [6.45, 7) is 0. The normalized spacial score (nSPS) is 11.5. The summed E-state index contributed by atoms with van der Waals surface area (Å²) in [7, 11) is -3.98. The Morgan fingerprint density at radius 3 is 2.55 bits per heavy atom. The third kappa shape index (κ3) is 2.35. The van der Waals surface area contributed by atoms with E-state index in [1.807, 2.05) is 0 Å². The number of aromatic amines is 1. The number of phenolic OH excluding ortho intramolecular Hbond substituents is 1. The molecule has 0 spiro atoms. The number of aromatic carboxylic acids is 1. The van der Waals surface area contributed by atoms with Crippen molar-refractivity contribution in [1.29, 1.82) is 0 Å². The van der Waals surface area contributed by atoms with Crippen LogP contribution >= 0.6 is 0 Å². The predicted octanol–water partition coefficient (Wildman–Crippen LogP) is 1.02. The number of carboxylic acid groups (broad SMARTS) is 1. The van der Waals surface area contributed by atoms with Gasteiger partial charge in [-0.2, -0.15) is 5.10 Å². The minimum Gasteiger partial charge on any atom is -0.506 e. The average molecular weight is 300 g/mol. The average Bonchev–Trinajstić information content (AvgIpc) is 2.76. The largest absolute Gasteiger partial charge is 0.506 e. The Morgan fingerprint density at radius 1 is 1.40 bits per heavy atom. The minimum atomic E-state index is -3.98. The molecule has 0 radical (unpaired) electrons. The molecule has 0 fully saturated rings. The van der Waals surface area contributed by atoms with Gasteiger partial charge in [0, 0.05) is 11.8 Å². The van der Waals surface area contributed by atoms with Gasteiger partial charge in [0.25, 0.3) is 0 Å². The van der Waals surface area contributed by atoms with Crippen LogP contribution < -0.4 is 0 Å². The van der Waals surface area contributed by atoms with Crippen LogP contribution in [0.5, 0.6) is 5.75 Å². The van der Waals surface area contributed by atoms with Crippen LogP contribution in [-0.2, 0) is 9.84 Å². The maximum absolute atomic E-state index is 14.2. The molecule has 1 heterocycles. The summed E-state index contributed by atoms with van der Waals surface area (Å²) < 4.78 is 37.1. The molecule has 0 bridgehead atoms. The van der Waals surface area contributed by atoms with Gasteiger partial charge in [-0.05, 0) is 18.2 Å². The molecule has 0 aliphatic carbocycles. The number of nitrogens with one attached hydrogen (secondary N) is 1. The molecule has 0 unspecified atom stereocenters. The number of hydrogen-bond donors (Lipinski definition) is 3. The van der Waals surface area contributed by atoms with E-state index in [1.165, 1.54) is 0 Å². The Labute approximate surface area is 112 Å². The van der Waals surface area contributed by atoms with Crippen molar-refractivity contribution in [1.82, 2.24) is 10.2 Å². The Morgan fingerprint density at radius 2 is 2.05 bits per heavy atom. The fourth-order valence-corrected chi connectivity index (χ4v) is 2.55. The summed E-state index contributed by atoms with van der Waals surface area (Å²) in [4.78, 5) is 9.86. The Kier molecular flexibility index (Phi) is 3.22. The Bertz CT molecular complexity index is 797. The molecule has 3 N–H and O–H groups in total. The highest BCUT2D eigenvalue weighted by Gasteiger charge is 2.24. The molecule has 0 aliphatic rings. The number of aromatic hydroxyl groups is 1. The lowest BCUT2D eigenvalue weighted by Crippen LogP contribution is -2.03. The summed E-state index contributed by atoms with van der Waals surface area (Å²) in [5.41, 5.74) is -0.579. The van der Waals surface area contributed by atoms with Crippen molar-refractivity contribution in [2.45, 2.75) is 4.90 Å². The zero-order valence-corrected chi connectivity index (χ0v) is 10.9. The van der Waals surface area contributed by atoms with Crippen LogP contribution in [0.15, 0.2) is 23.1 Å². The van der Waals surface area contributed by atoms with E-state index in [9.17, 15) is 22.7 Å². The number of hydrogen-bond acceptors (Lipinski definition) is 5. The van der Waals surface area contributed by atoms with E-state index in [0.29, 0.717) is 0 Å². The van der Waals surface area contributed by atoms with E-state index in [1.54, 1.807) is 0 Å². The number of aromatic nitrogens is 2. The van der Waals surface area contributed by atoms with Gasteiger partial charge in [0.2, 0.25) is 0 Å². The lowest BCUT2D eigenvalue weighted by atomic mass is 10.1. The summed E-state index contributed by atoms with van der Waals surface area (Å²) in [6.07, 6.45) is 0.752. The molecule has 2 rings (SSSR count). The topological polar surface area (TPSA) is 120 Å². The van der Waals surface area contributed by atoms with Gasteiger partial charge in [0.15, 0.2) is 15.7 Å². The van der Waals surface area contributed by atoms with Gasteiger partial charge >= 0.3 is 5.97 Å². The molecule has 7 nitrogen and oxygen atoms in total. The molecule has 1 aromatic carbocycles. The zero-order valence-electron chi connectivity index (χ0n) is 10.1. The highest BCUT2D eigenvalue weighted by Crippen LogP contribution is 2.32. The number of phenols is 1. The highest BCUT2D eigenvalue weighted by atomic mass is 32.2. The molecule has 0 amide bonds. The summed E-state index contributed by atoms with van der Waals surface area (Å²) in [5, 5.41) is 24.0. The molecule has 0 atom stereocenters. The van der Waals surface area contributed by atoms with E-state index in [2.05, 4.69) is 10.2 Å². The molecule has 0 aliphatic heterocycles. The number of carbonyl (C=O) groups is 1. The van der Waals surface area contributed by atoms with Gasteiger partial charge < -0.3 is 10.2 Å². The van der Waals surface area contributed by atoms with E-state index in [-0.39, 0.29) is 17.0 Å². The lowest BCUT2D eigenvalue weighted by molar-refractivity contribution is 0.0690. The van der Waals surface area contributed by atoms with Crippen LogP contribution in [0.2, 0.25) is 0 Å². The van der Waals surface area contributed by atoms with Gasteiger partial charge in [-0.3, -0.25) is 5.10 Å². The second-order valence-electron chi connectivity index (χ2n) is 4.02. The molecule has 20 heavy (non-hydrogen) atoms. The number of carboxylic acids is 1. The minimum absolute atomic E-state index is 0.0789. The third-order valence-electron chi connectivity index (χ3n) is 2.53. The molecular formula is C11H9FN2O5S. The first-order valence-corrected chi connectivity index (χ1v) is 7.11. The number of halogens is 1. The number of nitrogens with zero attached hydrogens (tertiary/aromatic N) is 1. The standard InChI is InChI=1S/C11H9FN2O5S/c1-20(18,19)10-8(15)3-2-5(9(10)12)6-4-7(11(16)17)14-13-6/h2-4,15H,1H3,(H,13,14)(H,16,17). The van der Waals surface area contributed by atoms with E-state index >= 15 is 0 Å². The maximum atomic E-state index is 14.2. The molecule has 9 heteroatoms. The van der Waals surface area contributed by atoms with Crippen LogP contribution in [0.4, 0.5) is 4.39 Å². The molecule has 0 saturated carbocycles. The Balaban J connectivity index is 2.67. The molecule has 1 aromatic heterocycles. The highest BCUT2D eigenvalue weighted by molar-refractivity contribution is 7.90. The fraction of sp³-hybridized carbons (Fsp3) is 0.0909. The first-order chi connectivity index (χ1) is 9.21. The van der Waals surface area contributed by atoms with Gasteiger partial charge in [-0.15, -0.1) is 0 Å². The first-order valence-electron chi connectivity index (χ1n) is 5.22. The van der Waals surface area contributed by atoms with E-state index in [4.69, 9.17) is 5.11 Å². The molecule has 2 aromatic rings. The van der Waals surface area contributed by atoms with Gasteiger partial charge in [0.05, 0.1) is 5.69 Å². The summed E-state index contributed by atoms with van der Waals surface area (Å²) >= 11 is 0. The van der Waals surface area contributed by atoms with E-state index < -0.39 is 32.3 Å². The van der Waals surface area contributed by atoms with Crippen LogP contribution in [0.1, 0.15) is 10.5 Å². The van der Waals surface area contributed by atoms with Crippen molar-refractivity contribution in [3.63, 3.8) is 0 Å². The van der Waals surface area contributed by atoms with Crippen molar-refractivity contribution < 1.29 is 27.8 Å². The van der Waals surface area contributed by atoms with Crippen LogP contribution in [0.3, 0.4) is 0 Å². The van der Waals surface area contributed by atoms with Crippen molar-refractivity contribution >= 4 is 15.8 Å². The smallest absolute Gasteiger partial charge is 0.353 e. The van der Waals surface area contributed by atoms with Gasteiger partial charge in [-0.25, -0.2) is 17.6 Å². The van der Waals surface area contributed by atoms with Crippen molar-refractivity contribution in [3.8, 4) is 17.0 Å². The predicted molar refractivity (Wildman–Crippen MR) is 65.7 cm³/mol. The van der Waals surface area contributed by atoms with E-state index in [0.717, 1.165) is 24.5 Å². The zero-order chi connectivity index (χ0) is 15.1. The number of benzene rings is 1. The second-order valence-corrected chi connectivity index (χ2v) is 5.97. The lowest BCUT2D eigenvalue weighted by Gasteiger charge is -2.07. The van der Waals surface area contributed by atoms with Crippen molar-refractivity contribution in [3.05, 3.63) is 29.7 Å². The SMILES string of the molecule is CS(=O)(=O)c1c(O)ccc(-c2cc(C(=O)O)[nH]n2)c1F. The molecule has 106 valence electrons. The number of rotatable bonds is 3. The van der Waals surface area contributed by atoms with Gasteiger partial charge in [0.1, 0.15) is 16.3 Å². The third-order valence-corrected chi connectivity index (χ3v) is 3.66. The van der Waals surface area contributed by atoms with Crippen LogP contribution in [0.25, 0.3) is 11.3 Å². The summed E-state index contributed by atoms with van der Waals surface area (Å²) in [6, 6.07) is 3.18. The fourth-order valence-electron chi connectivity index (χ4n) is 1.67. The molecular weight excluding hydrogens is 291 g/mol. The quantitative estimate of drug-likeness (QED) is 0.778. The second kappa shape index (κ2) is 4.60.